The van der Waals surface area contributed by atoms with Crippen LogP contribution in [-0.4, -0.2) is 4.57 Å². The van der Waals surface area contributed by atoms with Crippen molar-refractivity contribution in [2.45, 2.75) is 32.7 Å². The van der Waals surface area contributed by atoms with Crippen LogP contribution in [0.3, 0.4) is 0 Å². The Hall–Kier alpha value is -1.75. The van der Waals surface area contributed by atoms with Crippen LogP contribution in [0.2, 0.25) is 0 Å². The number of rotatable bonds is 3. The van der Waals surface area contributed by atoms with Crippen molar-refractivity contribution in [2.24, 2.45) is 5.41 Å². The average Bonchev–Trinajstić information content (AvgIpc) is 3.00. The molecular formula is C15H16N2. The van der Waals surface area contributed by atoms with Crippen molar-refractivity contribution in [3.63, 3.8) is 0 Å². The van der Waals surface area contributed by atoms with Gasteiger partial charge in [0.15, 0.2) is 0 Å². The Labute approximate surface area is 101 Å². The summed E-state index contributed by atoms with van der Waals surface area (Å²) in [6, 6.07) is 13.1. The molecule has 2 aromatic rings. The summed E-state index contributed by atoms with van der Waals surface area (Å²) in [7, 11) is 0. The van der Waals surface area contributed by atoms with Gasteiger partial charge in [0.1, 0.15) is 0 Å². The maximum absolute atomic E-state index is 8.89. The van der Waals surface area contributed by atoms with Crippen LogP contribution in [0.4, 0.5) is 0 Å². The lowest BCUT2D eigenvalue weighted by atomic mass is 10.0. The lowest BCUT2D eigenvalue weighted by Gasteiger charge is -2.15. The van der Waals surface area contributed by atoms with Gasteiger partial charge in [-0.1, -0.05) is 18.2 Å². The molecule has 1 aromatic heterocycles. The van der Waals surface area contributed by atoms with Gasteiger partial charge < -0.3 is 4.57 Å². The van der Waals surface area contributed by atoms with Crippen molar-refractivity contribution in [3.8, 4) is 6.07 Å². The van der Waals surface area contributed by atoms with Crippen molar-refractivity contribution < 1.29 is 0 Å². The van der Waals surface area contributed by atoms with Crippen molar-refractivity contribution in [2.75, 3.05) is 0 Å². The molecule has 1 fully saturated rings. The second-order valence-corrected chi connectivity index (χ2v) is 5.27. The Morgan fingerprint density at radius 1 is 1.35 bits per heavy atom. The van der Waals surface area contributed by atoms with Crippen LogP contribution in [0.5, 0.6) is 0 Å². The predicted molar refractivity (Wildman–Crippen MR) is 68.6 cm³/mol. The molecule has 1 heterocycles. The number of para-hydroxylation sites is 1. The Morgan fingerprint density at radius 2 is 2.12 bits per heavy atom. The van der Waals surface area contributed by atoms with Crippen molar-refractivity contribution in [3.05, 3.63) is 36.0 Å². The molecule has 0 amide bonds. The van der Waals surface area contributed by atoms with Crippen molar-refractivity contribution >= 4 is 10.9 Å². The minimum atomic E-state index is 0.265. The third-order valence-corrected chi connectivity index (χ3v) is 3.92. The van der Waals surface area contributed by atoms with E-state index in [4.69, 9.17) is 5.26 Å². The molecule has 17 heavy (non-hydrogen) atoms. The van der Waals surface area contributed by atoms with Crippen LogP contribution < -0.4 is 0 Å². The zero-order valence-corrected chi connectivity index (χ0v) is 10.1. The molecule has 0 aliphatic heterocycles. The molecule has 0 N–H and O–H groups in total. The SMILES string of the molecule is Cc1cc2ccccc2n1CC1(CC#N)CC1. The van der Waals surface area contributed by atoms with Crippen LogP contribution in [0.15, 0.2) is 30.3 Å². The van der Waals surface area contributed by atoms with Crippen LogP contribution in [0.1, 0.15) is 25.0 Å². The molecule has 1 saturated carbocycles. The molecule has 2 nitrogen and oxygen atoms in total. The van der Waals surface area contributed by atoms with E-state index in [2.05, 4.69) is 47.9 Å². The van der Waals surface area contributed by atoms with Crippen molar-refractivity contribution in [1.29, 1.82) is 5.26 Å². The third kappa shape index (κ3) is 1.72. The molecule has 3 rings (SSSR count). The molecule has 86 valence electrons. The fraction of sp³-hybridized carbons (Fsp3) is 0.400. The number of aryl methyl sites for hydroxylation is 1. The number of fused-ring (bicyclic) bond motifs is 1. The van der Waals surface area contributed by atoms with E-state index >= 15 is 0 Å². The maximum atomic E-state index is 8.89. The molecule has 1 aliphatic carbocycles. The standard InChI is InChI=1S/C15H16N2/c1-12-10-13-4-2-3-5-14(13)17(12)11-15(6-7-15)8-9-16/h2-5,10H,6-8,11H2,1H3. The van der Waals surface area contributed by atoms with Gasteiger partial charge in [-0.3, -0.25) is 0 Å². The molecule has 2 heteroatoms. The lowest BCUT2D eigenvalue weighted by Crippen LogP contribution is -2.12. The van der Waals surface area contributed by atoms with E-state index < -0.39 is 0 Å². The minimum Gasteiger partial charge on any atom is -0.344 e. The summed E-state index contributed by atoms with van der Waals surface area (Å²) in [5.74, 6) is 0. The number of hydrogen-bond donors (Lipinski definition) is 0. The van der Waals surface area contributed by atoms with Gasteiger partial charge in [0, 0.05) is 29.6 Å². The number of nitriles is 1. The topological polar surface area (TPSA) is 28.7 Å². The summed E-state index contributed by atoms with van der Waals surface area (Å²) in [6.45, 7) is 3.16. The van der Waals surface area contributed by atoms with Crippen LogP contribution >= 0.6 is 0 Å². The molecule has 0 spiro atoms. The summed E-state index contributed by atoms with van der Waals surface area (Å²) < 4.78 is 2.37. The summed E-state index contributed by atoms with van der Waals surface area (Å²) in [4.78, 5) is 0. The van der Waals surface area contributed by atoms with Gasteiger partial charge in [0.2, 0.25) is 0 Å². The monoisotopic (exact) mass is 224 g/mol. The van der Waals surface area contributed by atoms with E-state index in [1.54, 1.807) is 0 Å². The largest absolute Gasteiger partial charge is 0.344 e. The first-order valence-corrected chi connectivity index (χ1v) is 6.16. The van der Waals surface area contributed by atoms with E-state index in [0.29, 0.717) is 6.42 Å². The Balaban J connectivity index is 2.01. The van der Waals surface area contributed by atoms with E-state index in [1.165, 1.54) is 29.4 Å². The Morgan fingerprint density at radius 3 is 2.82 bits per heavy atom. The van der Waals surface area contributed by atoms with E-state index in [9.17, 15) is 0 Å². The normalized spacial score (nSPS) is 16.9. The number of aromatic nitrogens is 1. The van der Waals surface area contributed by atoms with Crippen molar-refractivity contribution in [1.82, 2.24) is 4.57 Å². The highest BCUT2D eigenvalue weighted by atomic mass is 15.0. The maximum Gasteiger partial charge on any atom is 0.0628 e. The fourth-order valence-corrected chi connectivity index (χ4v) is 2.63. The van der Waals surface area contributed by atoms with Gasteiger partial charge in [-0.2, -0.15) is 5.26 Å². The molecule has 0 unspecified atom stereocenters. The first-order chi connectivity index (χ1) is 8.24. The second kappa shape index (κ2) is 3.63. The molecule has 0 bridgehead atoms. The van der Waals surface area contributed by atoms with Gasteiger partial charge in [-0.25, -0.2) is 0 Å². The van der Waals surface area contributed by atoms with Crippen LogP contribution in [0, 0.1) is 23.7 Å². The zero-order valence-electron chi connectivity index (χ0n) is 10.1. The average molecular weight is 224 g/mol. The zero-order chi connectivity index (χ0) is 11.9. The highest BCUT2D eigenvalue weighted by Gasteiger charge is 2.43. The molecule has 0 saturated heterocycles. The Bertz CT molecular complexity index is 597. The van der Waals surface area contributed by atoms with Crippen LogP contribution in [-0.2, 0) is 6.54 Å². The second-order valence-electron chi connectivity index (χ2n) is 5.27. The highest BCUT2D eigenvalue weighted by Crippen LogP contribution is 2.50. The van der Waals surface area contributed by atoms with E-state index in [1.807, 2.05) is 0 Å². The first kappa shape index (κ1) is 10.4. The number of hydrogen-bond acceptors (Lipinski definition) is 1. The molecular weight excluding hydrogens is 208 g/mol. The fourth-order valence-electron chi connectivity index (χ4n) is 2.63. The molecule has 0 radical (unpaired) electrons. The first-order valence-electron chi connectivity index (χ1n) is 6.16. The molecule has 1 aliphatic rings. The summed E-state index contributed by atoms with van der Waals surface area (Å²) in [5, 5.41) is 10.2. The summed E-state index contributed by atoms with van der Waals surface area (Å²) in [5.41, 5.74) is 2.87. The third-order valence-electron chi connectivity index (χ3n) is 3.92. The van der Waals surface area contributed by atoms with Gasteiger partial charge in [-0.05, 0) is 37.3 Å². The van der Waals surface area contributed by atoms with Gasteiger partial charge in [0.25, 0.3) is 0 Å². The van der Waals surface area contributed by atoms with Gasteiger partial charge in [-0.15, -0.1) is 0 Å². The van der Waals surface area contributed by atoms with Gasteiger partial charge >= 0.3 is 0 Å². The van der Waals surface area contributed by atoms with E-state index in [0.717, 1.165) is 6.54 Å². The van der Waals surface area contributed by atoms with Gasteiger partial charge in [0.05, 0.1) is 6.07 Å². The van der Waals surface area contributed by atoms with E-state index in [-0.39, 0.29) is 5.41 Å². The van der Waals surface area contributed by atoms with Crippen LogP contribution in [0.25, 0.3) is 10.9 Å². The highest BCUT2D eigenvalue weighted by molar-refractivity contribution is 5.81. The minimum absolute atomic E-state index is 0.265. The smallest absolute Gasteiger partial charge is 0.0628 e. The number of benzene rings is 1. The molecule has 0 atom stereocenters. The molecule has 1 aromatic carbocycles. The quantitative estimate of drug-likeness (QED) is 0.782. The summed E-state index contributed by atoms with van der Waals surface area (Å²) >= 11 is 0. The lowest BCUT2D eigenvalue weighted by molar-refractivity contribution is 0.435. The predicted octanol–water partition coefficient (Wildman–Crippen LogP) is 3.64. The summed E-state index contributed by atoms with van der Waals surface area (Å²) in [6.07, 6.45) is 3.10. The Kier molecular flexibility index (Phi) is 2.22. The number of nitrogens with zero attached hydrogens (tertiary/aromatic N) is 2.